The standard InChI is InChI=1S/C7H12FNO/c8-6-1-4-2-9-3-5(4)7(6)10/h4-7,9-10H,1-3H2/t4-,5+,6+,7+/m0/s1. The highest BCUT2D eigenvalue weighted by Gasteiger charge is 2.44. The highest BCUT2D eigenvalue weighted by molar-refractivity contribution is 4.96. The fourth-order valence-corrected chi connectivity index (χ4v) is 2.11. The van der Waals surface area contributed by atoms with Gasteiger partial charge < -0.3 is 10.4 Å². The molecule has 0 radical (unpaired) electrons. The number of nitrogens with one attached hydrogen (secondary N) is 1. The van der Waals surface area contributed by atoms with Gasteiger partial charge in [-0.15, -0.1) is 0 Å². The van der Waals surface area contributed by atoms with E-state index in [4.69, 9.17) is 0 Å². The molecule has 4 atom stereocenters. The van der Waals surface area contributed by atoms with E-state index in [9.17, 15) is 9.50 Å². The lowest BCUT2D eigenvalue weighted by Crippen LogP contribution is -2.26. The molecule has 0 aromatic rings. The van der Waals surface area contributed by atoms with Crippen LogP contribution < -0.4 is 5.32 Å². The van der Waals surface area contributed by atoms with Gasteiger partial charge in [0, 0.05) is 12.5 Å². The van der Waals surface area contributed by atoms with Gasteiger partial charge in [-0.2, -0.15) is 0 Å². The van der Waals surface area contributed by atoms with Gasteiger partial charge in [0.05, 0.1) is 6.10 Å². The number of hydrogen-bond donors (Lipinski definition) is 2. The second-order valence-electron chi connectivity index (χ2n) is 3.32. The molecular weight excluding hydrogens is 133 g/mol. The molecule has 10 heavy (non-hydrogen) atoms. The molecule has 58 valence electrons. The van der Waals surface area contributed by atoms with Crippen molar-refractivity contribution in [1.29, 1.82) is 0 Å². The summed E-state index contributed by atoms with van der Waals surface area (Å²) in [6.45, 7) is 1.69. The van der Waals surface area contributed by atoms with Crippen LogP contribution in [0, 0.1) is 11.8 Å². The molecule has 1 heterocycles. The Morgan fingerprint density at radius 2 is 2.20 bits per heavy atom. The number of aliphatic hydroxyl groups excluding tert-OH is 1. The lowest BCUT2D eigenvalue weighted by atomic mass is 10.00. The molecule has 3 heteroatoms. The topological polar surface area (TPSA) is 32.3 Å². The van der Waals surface area contributed by atoms with Gasteiger partial charge >= 0.3 is 0 Å². The van der Waals surface area contributed by atoms with E-state index < -0.39 is 12.3 Å². The molecule has 0 aromatic carbocycles. The van der Waals surface area contributed by atoms with Crippen molar-refractivity contribution in [2.75, 3.05) is 13.1 Å². The predicted molar refractivity (Wildman–Crippen MR) is 35.4 cm³/mol. The molecule has 2 nitrogen and oxygen atoms in total. The molecule has 2 fully saturated rings. The predicted octanol–water partition coefficient (Wildman–Crippen LogP) is -0.0753. The summed E-state index contributed by atoms with van der Waals surface area (Å²) in [6, 6.07) is 0. The Hall–Kier alpha value is -0.150. The minimum Gasteiger partial charge on any atom is -0.390 e. The Bertz CT molecular complexity index is 140. The van der Waals surface area contributed by atoms with E-state index in [-0.39, 0.29) is 5.92 Å². The summed E-state index contributed by atoms with van der Waals surface area (Å²) in [6.07, 6.45) is -1.10. The summed E-state index contributed by atoms with van der Waals surface area (Å²) in [4.78, 5) is 0. The Labute approximate surface area is 59.4 Å². The molecule has 0 spiro atoms. The van der Waals surface area contributed by atoms with Crippen LogP contribution in [0.15, 0.2) is 0 Å². The number of hydrogen-bond acceptors (Lipinski definition) is 2. The zero-order valence-corrected chi connectivity index (χ0v) is 5.76. The summed E-state index contributed by atoms with van der Waals surface area (Å²) in [5.74, 6) is 0.583. The zero-order valence-electron chi connectivity index (χ0n) is 5.76. The monoisotopic (exact) mass is 145 g/mol. The molecule has 2 N–H and O–H groups in total. The molecule has 1 aliphatic heterocycles. The molecular formula is C7H12FNO. The first-order chi connectivity index (χ1) is 4.79. The first-order valence-electron chi connectivity index (χ1n) is 3.82. The lowest BCUT2D eigenvalue weighted by molar-refractivity contribution is 0.0709. The van der Waals surface area contributed by atoms with E-state index in [0.717, 1.165) is 13.1 Å². The third-order valence-electron chi connectivity index (χ3n) is 2.73. The van der Waals surface area contributed by atoms with Crippen LogP contribution in [0.3, 0.4) is 0 Å². The highest BCUT2D eigenvalue weighted by atomic mass is 19.1. The van der Waals surface area contributed by atoms with Gasteiger partial charge in [0.25, 0.3) is 0 Å². The summed E-state index contributed by atoms with van der Waals surface area (Å²) in [7, 11) is 0. The number of halogens is 1. The third-order valence-corrected chi connectivity index (χ3v) is 2.73. The lowest BCUT2D eigenvalue weighted by Gasteiger charge is -2.11. The first kappa shape index (κ1) is 6.55. The van der Waals surface area contributed by atoms with Crippen LogP contribution in [-0.2, 0) is 0 Å². The average molecular weight is 145 g/mol. The van der Waals surface area contributed by atoms with Gasteiger partial charge in [-0.25, -0.2) is 4.39 Å². The summed E-state index contributed by atoms with van der Waals surface area (Å²) < 4.78 is 12.8. The highest BCUT2D eigenvalue weighted by Crippen LogP contribution is 2.36. The molecule has 0 unspecified atom stereocenters. The van der Waals surface area contributed by atoms with Crippen LogP contribution in [0.1, 0.15) is 6.42 Å². The van der Waals surface area contributed by atoms with Crippen LogP contribution in [0.4, 0.5) is 4.39 Å². The summed E-state index contributed by atoms with van der Waals surface area (Å²) >= 11 is 0. The Morgan fingerprint density at radius 3 is 2.90 bits per heavy atom. The van der Waals surface area contributed by atoms with Gasteiger partial charge in [-0.05, 0) is 18.9 Å². The van der Waals surface area contributed by atoms with Crippen molar-refractivity contribution in [2.45, 2.75) is 18.7 Å². The minimum atomic E-state index is -0.961. The maximum atomic E-state index is 12.8. The molecule has 0 bridgehead atoms. The zero-order chi connectivity index (χ0) is 7.14. The quantitative estimate of drug-likeness (QED) is 0.500. The van der Waals surface area contributed by atoms with Crippen molar-refractivity contribution >= 4 is 0 Å². The van der Waals surface area contributed by atoms with Crippen molar-refractivity contribution in [2.24, 2.45) is 11.8 Å². The van der Waals surface area contributed by atoms with E-state index in [0.29, 0.717) is 12.3 Å². The summed E-state index contributed by atoms with van der Waals surface area (Å²) in [5.41, 5.74) is 0. The maximum Gasteiger partial charge on any atom is 0.127 e. The van der Waals surface area contributed by atoms with Gasteiger partial charge in [0.2, 0.25) is 0 Å². The number of fused-ring (bicyclic) bond motifs is 1. The number of rotatable bonds is 0. The van der Waals surface area contributed by atoms with Crippen LogP contribution in [0.25, 0.3) is 0 Å². The molecule has 0 amide bonds. The fourth-order valence-electron chi connectivity index (χ4n) is 2.11. The van der Waals surface area contributed by atoms with Crippen molar-refractivity contribution < 1.29 is 9.50 Å². The molecule has 0 aromatic heterocycles. The fraction of sp³-hybridized carbons (Fsp3) is 1.00. The van der Waals surface area contributed by atoms with Crippen LogP contribution in [0.2, 0.25) is 0 Å². The summed E-state index contributed by atoms with van der Waals surface area (Å²) in [5, 5.41) is 12.4. The second kappa shape index (κ2) is 2.17. The Morgan fingerprint density at radius 1 is 1.40 bits per heavy atom. The van der Waals surface area contributed by atoms with Gasteiger partial charge in [-0.3, -0.25) is 0 Å². The molecule has 2 aliphatic rings. The van der Waals surface area contributed by atoms with Crippen LogP contribution in [-0.4, -0.2) is 30.5 Å². The van der Waals surface area contributed by atoms with Gasteiger partial charge in [-0.1, -0.05) is 0 Å². The van der Waals surface area contributed by atoms with Gasteiger partial charge in [0.15, 0.2) is 0 Å². The molecule has 1 saturated heterocycles. The van der Waals surface area contributed by atoms with E-state index in [1.165, 1.54) is 0 Å². The van der Waals surface area contributed by atoms with Crippen molar-refractivity contribution in [3.63, 3.8) is 0 Å². The Kier molecular flexibility index (Phi) is 1.42. The van der Waals surface area contributed by atoms with E-state index in [1.807, 2.05) is 0 Å². The van der Waals surface area contributed by atoms with E-state index in [1.54, 1.807) is 0 Å². The third kappa shape index (κ3) is 0.772. The Balaban J connectivity index is 2.09. The van der Waals surface area contributed by atoms with Crippen molar-refractivity contribution in [3.8, 4) is 0 Å². The number of alkyl halides is 1. The number of aliphatic hydroxyl groups is 1. The van der Waals surface area contributed by atoms with Crippen LogP contribution in [0.5, 0.6) is 0 Å². The minimum absolute atomic E-state index is 0.190. The SMILES string of the molecule is O[C@@H]1[C@@H]2CNC[C@@H]2C[C@H]1F. The van der Waals surface area contributed by atoms with Gasteiger partial charge in [0.1, 0.15) is 6.17 Å². The van der Waals surface area contributed by atoms with E-state index >= 15 is 0 Å². The van der Waals surface area contributed by atoms with Crippen molar-refractivity contribution in [3.05, 3.63) is 0 Å². The van der Waals surface area contributed by atoms with Crippen molar-refractivity contribution in [1.82, 2.24) is 5.32 Å². The largest absolute Gasteiger partial charge is 0.390 e. The second-order valence-corrected chi connectivity index (χ2v) is 3.32. The van der Waals surface area contributed by atoms with E-state index in [2.05, 4.69) is 5.32 Å². The molecule has 2 rings (SSSR count). The average Bonchev–Trinajstić information content (AvgIpc) is 2.41. The molecule has 1 saturated carbocycles. The maximum absolute atomic E-state index is 12.8. The first-order valence-corrected chi connectivity index (χ1v) is 3.82. The molecule has 1 aliphatic carbocycles. The van der Waals surface area contributed by atoms with Crippen LogP contribution >= 0.6 is 0 Å². The smallest absolute Gasteiger partial charge is 0.127 e. The normalized spacial score (nSPS) is 53.4.